The molecule has 148 valence electrons. The first-order valence-electron chi connectivity index (χ1n) is 8.73. The lowest BCUT2D eigenvalue weighted by molar-refractivity contribution is -0.830. The number of nitrogen functional groups attached to an aromatic ring is 1. The smallest absolute Gasteiger partial charge is 0.234 e. The standard InChI is InChI=1S/C9H12N4O2.C9H13N.C2H6/c1-15-13-6-2-3-8(10)7(4-6)9(11)12-5-14;1-10(2)9-7-5-3-4-6-8-9;1-2/h2-5,13H,10H2,1H3,(H2,11,12,14);3-5,7-8H,6H2,1-2H3;1-2H3/p+1. The maximum atomic E-state index is 10.2. The lowest BCUT2D eigenvalue weighted by Gasteiger charge is -2.12. The number of carbonyl (C=O) groups is 1. The number of quaternary nitrogens is 1. The molecule has 2 rings (SSSR count). The van der Waals surface area contributed by atoms with E-state index in [1.54, 1.807) is 25.3 Å². The van der Waals surface area contributed by atoms with Gasteiger partial charge in [0.25, 0.3) is 0 Å². The van der Waals surface area contributed by atoms with Gasteiger partial charge in [-0.1, -0.05) is 38.2 Å². The van der Waals surface area contributed by atoms with Gasteiger partial charge in [-0.2, -0.15) is 10.5 Å². The lowest BCUT2D eigenvalue weighted by atomic mass is 10.1. The van der Waals surface area contributed by atoms with Gasteiger partial charge in [-0.3, -0.25) is 4.79 Å². The minimum atomic E-state index is 0.0915. The fourth-order valence-corrected chi connectivity index (χ4v) is 2.03. The normalized spacial score (nSPS) is 12.6. The topological polar surface area (TPSA) is 111 Å². The number of anilines is 1. The zero-order valence-electron chi connectivity index (χ0n) is 16.8. The number of amidine groups is 1. The van der Waals surface area contributed by atoms with Crippen molar-refractivity contribution >= 4 is 23.6 Å². The molecule has 1 aliphatic rings. The van der Waals surface area contributed by atoms with Crippen molar-refractivity contribution in [2.24, 2.45) is 10.7 Å². The van der Waals surface area contributed by atoms with Gasteiger partial charge < -0.3 is 16.4 Å². The quantitative estimate of drug-likeness (QED) is 0.239. The number of nitrogens with zero attached hydrogens (tertiary/aromatic N) is 2. The molecule has 0 fully saturated rings. The van der Waals surface area contributed by atoms with E-state index < -0.39 is 0 Å². The van der Waals surface area contributed by atoms with Crippen LogP contribution in [-0.4, -0.2) is 38.4 Å². The van der Waals surface area contributed by atoms with Crippen LogP contribution in [0.1, 0.15) is 25.8 Å². The second-order valence-electron chi connectivity index (χ2n) is 5.37. The van der Waals surface area contributed by atoms with Gasteiger partial charge in [0, 0.05) is 43.2 Å². The van der Waals surface area contributed by atoms with Crippen LogP contribution >= 0.6 is 0 Å². The van der Waals surface area contributed by atoms with E-state index in [0.717, 1.165) is 12.1 Å². The Morgan fingerprint density at radius 2 is 2.00 bits per heavy atom. The minimum Gasteiger partial charge on any atom is -0.398 e. The summed E-state index contributed by atoms with van der Waals surface area (Å²) in [5.41, 5.74) is 15.8. The zero-order valence-corrected chi connectivity index (χ0v) is 16.8. The SMILES string of the molecule is CC.CN(C)C1=CCC=CC=C1.CO[NH2+]c1ccc(N)c(C(N)=NC=O)c1. The molecule has 7 heteroatoms. The molecule has 0 saturated heterocycles. The molecule has 0 atom stereocenters. The summed E-state index contributed by atoms with van der Waals surface area (Å²) in [6.45, 7) is 4.00. The van der Waals surface area contributed by atoms with Crippen LogP contribution in [0.2, 0.25) is 0 Å². The average molecular weight is 375 g/mol. The van der Waals surface area contributed by atoms with Gasteiger partial charge >= 0.3 is 0 Å². The number of amides is 1. The zero-order chi connectivity index (χ0) is 20.7. The molecular weight excluding hydrogens is 342 g/mol. The second-order valence-corrected chi connectivity index (χ2v) is 5.37. The Kier molecular flexibility index (Phi) is 12.8. The Hall–Kier alpha value is -2.90. The molecule has 0 heterocycles. The third kappa shape index (κ3) is 9.39. The molecule has 6 N–H and O–H groups in total. The maximum Gasteiger partial charge on any atom is 0.234 e. The number of rotatable bonds is 5. The molecule has 0 bridgehead atoms. The molecule has 0 saturated carbocycles. The van der Waals surface area contributed by atoms with E-state index in [-0.39, 0.29) is 5.84 Å². The highest BCUT2D eigenvalue weighted by Crippen LogP contribution is 2.14. The Morgan fingerprint density at radius 1 is 1.30 bits per heavy atom. The molecule has 0 radical (unpaired) electrons. The fourth-order valence-electron chi connectivity index (χ4n) is 2.03. The predicted molar refractivity (Wildman–Crippen MR) is 112 cm³/mol. The van der Waals surface area contributed by atoms with Crippen LogP contribution in [0.5, 0.6) is 0 Å². The van der Waals surface area contributed by atoms with E-state index in [4.69, 9.17) is 16.3 Å². The Balaban J connectivity index is 0.000000488. The summed E-state index contributed by atoms with van der Waals surface area (Å²) in [5, 5.41) is 0. The first-order chi connectivity index (χ1) is 13.0. The van der Waals surface area contributed by atoms with Crippen molar-refractivity contribution in [1.82, 2.24) is 4.90 Å². The summed E-state index contributed by atoms with van der Waals surface area (Å²) < 4.78 is 0. The van der Waals surface area contributed by atoms with Gasteiger partial charge in [0.1, 0.15) is 5.84 Å². The number of hydrogen-bond acceptors (Lipinski definition) is 4. The van der Waals surface area contributed by atoms with Gasteiger partial charge in [-0.25, -0.2) is 4.84 Å². The van der Waals surface area contributed by atoms with Gasteiger partial charge in [-0.05, 0) is 18.6 Å². The highest BCUT2D eigenvalue weighted by Gasteiger charge is 2.07. The first kappa shape index (κ1) is 24.1. The largest absolute Gasteiger partial charge is 0.398 e. The number of aliphatic imine (C=N–C) groups is 1. The van der Waals surface area contributed by atoms with E-state index in [2.05, 4.69) is 54.4 Å². The van der Waals surface area contributed by atoms with E-state index in [1.165, 1.54) is 11.2 Å². The van der Waals surface area contributed by atoms with Crippen LogP contribution < -0.4 is 16.9 Å². The van der Waals surface area contributed by atoms with Crippen molar-refractivity contribution in [1.29, 1.82) is 0 Å². The Morgan fingerprint density at radius 3 is 2.59 bits per heavy atom. The molecule has 0 aromatic heterocycles. The van der Waals surface area contributed by atoms with Crippen LogP contribution in [0.15, 0.2) is 59.3 Å². The molecule has 7 nitrogen and oxygen atoms in total. The van der Waals surface area contributed by atoms with Gasteiger partial charge in [0.15, 0.2) is 5.69 Å². The highest BCUT2D eigenvalue weighted by molar-refractivity contribution is 6.05. The van der Waals surface area contributed by atoms with Crippen molar-refractivity contribution in [3.05, 3.63) is 59.8 Å². The van der Waals surface area contributed by atoms with Crippen molar-refractivity contribution in [3.63, 3.8) is 0 Å². The molecule has 0 aliphatic heterocycles. The Bertz CT molecular complexity index is 692. The monoisotopic (exact) mass is 374 g/mol. The van der Waals surface area contributed by atoms with Gasteiger partial charge in [0.2, 0.25) is 6.41 Å². The van der Waals surface area contributed by atoms with Crippen LogP contribution in [-0.2, 0) is 9.63 Å². The Labute approximate surface area is 162 Å². The number of nitrogens with two attached hydrogens (primary N) is 3. The number of allylic oxidation sites excluding steroid dienone is 5. The van der Waals surface area contributed by atoms with E-state index in [0.29, 0.717) is 17.7 Å². The lowest BCUT2D eigenvalue weighted by Crippen LogP contribution is -2.76. The maximum absolute atomic E-state index is 10.2. The second kappa shape index (κ2) is 14.3. The summed E-state index contributed by atoms with van der Waals surface area (Å²) in [6.07, 6.45) is 12.0. The molecular formula is C20H32N5O2+. The van der Waals surface area contributed by atoms with Crippen molar-refractivity contribution in [2.75, 3.05) is 26.9 Å². The molecule has 27 heavy (non-hydrogen) atoms. The third-order valence-electron chi connectivity index (χ3n) is 3.29. The van der Waals surface area contributed by atoms with Crippen molar-refractivity contribution in [2.45, 2.75) is 20.3 Å². The molecule has 1 aromatic carbocycles. The summed E-state index contributed by atoms with van der Waals surface area (Å²) in [4.78, 5) is 20.6. The first-order valence-corrected chi connectivity index (χ1v) is 8.73. The van der Waals surface area contributed by atoms with Crippen molar-refractivity contribution in [3.8, 4) is 0 Å². The van der Waals surface area contributed by atoms with Crippen molar-refractivity contribution < 1.29 is 15.1 Å². The summed E-state index contributed by atoms with van der Waals surface area (Å²) in [5.74, 6) is 0.0915. The van der Waals surface area contributed by atoms with Crippen LogP contribution in [0.3, 0.4) is 0 Å². The molecule has 1 aliphatic carbocycles. The molecule has 1 amide bonds. The minimum absolute atomic E-state index is 0.0915. The number of benzene rings is 1. The third-order valence-corrected chi connectivity index (χ3v) is 3.29. The highest BCUT2D eigenvalue weighted by atomic mass is 16.6. The van der Waals surface area contributed by atoms with E-state index in [9.17, 15) is 4.79 Å². The van der Waals surface area contributed by atoms with Gasteiger partial charge in [-0.15, -0.1) is 0 Å². The van der Waals surface area contributed by atoms with Gasteiger partial charge in [0.05, 0.1) is 7.11 Å². The molecule has 0 unspecified atom stereocenters. The molecule has 0 spiro atoms. The van der Waals surface area contributed by atoms with Crippen LogP contribution in [0, 0.1) is 0 Å². The summed E-state index contributed by atoms with van der Waals surface area (Å²) >= 11 is 0. The predicted octanol–water partition coefficient (Wildman–Crippen LogP) is 1.86. The molecule has 1 aromatic rings. The van der Waals surface area contributed by atoms with Crippen LogP contribution in [0.4, 0.5) is 11.4 Å². The number of hydrogen-bond donors (Lipinski definition) is 3. The fraction of sp³-hybridized carbons (Fsp3) is 0.300. The van der Waals surface area contributed by atoms with E-state index in [1.807, 2.05) is 13.8 Å². The number of likely N-dealkylation sites (N-methyl/N-ethyl adjacent to an activating group) is 1. The average Bonchev–Trinajstić information content (AvgIpc) is 2.95. The van der Waals surface area contributed by atoms with Crippen LogP contribution in [0.25, 0.3) is 0 Å². The summed E-state index contributed by atoms with van der Waals surface area (Å²) in [6, 6.07) is 5.14. The van der Waals surface area contributed by atoms with E-state index >= 15 is 0 Å². The number of carbonyl (C=O) groups excluding carboxylic acids is 1. The summed E-state index contributed by atoms with van der Waals surface area (Å²) in [7, 11) is 5.65.